The maximum absolute atomic E-state index is 13.6. The lowest BCUT2D eigenvalue weighted by Gasteiger charge is -2.24. The molecule has 8 heteroatoms. The second kappa shape index (κ2) is 8.50. The van der Waals surface area contributed by atoms with Gasteiger partial charge in [-0.25, -0.2) is 14.1 Å². The molecule has 0 aliphatic heterocycles. The lowest BCUT2D eigenvalue weighted by molar-refractivity contribution is 0.0931. The smallest absolute Gasteiger partial charge is 0.291 e. The van der Waals surface area contributed by atoms with E-state index in [9.17, 15) is 9.18 Å². The van der Waals surface area contributed by atoms with Gasteiger partial charge in [-0.1, -0.05) is 23.7 Å². The average molecular weight is 402 g/mol. The average Bonchev–Trinajstić information content (AvgIpc) is 3.04. The SMILES string of the molecule is Cc1nc(C(=O)NCC(c2cccc(F)c2)N(C)C)nn1-c1ccc(Cl)cc1. The molecule has 0 bridgehead atoms. The molecule has 28 heavy (non-hydrogen) atoms. The third kappa shape index (κ3) is 4.55. The number of aryl methyl sites for hydroxylation is 1. The Morgan fingerprint density at radius 2 is 1.96 bits per heavy atom. The summed E-state index contributed by atoms with van der Waals surface area (Å²) in [4.78, 5) is 18.7. The van der Waals surface area contributed by atoms with Gasteiger partial charge in [0.25, 0.3) is 5.91 Å². The van der Waals surface area contributed by atoms with E-state index in [1.165, 1.54) is 12.1 Å². The van der Waals surface area contributed by atoms with Crippen molar-refractivity contribution in [3.05, 3.63) is 76.6 Å². The summed E-state index contributed by atoms with van der Waals surface area (Å²) in [5.41, 5.74) is 1.54. The molecular formula is C20H21ClFN5O. The number of aromatic nitrogens is 3. The van der Waals surface area contributed by atoms with Crippen molar-refractivity contribution in [1.82, 2.24) is 25.0 Å². The quantitative estimate of drug-likeness (QED) is 0.687. The van der Waals surface area contributed by atoms with Crippen LogP contribution in [0.25, 0.3) is 5.69 Å². The van der Waals surface area contributed by atoms with E-state index < -0.39 is 0 Å². The fourth-order valence-electron chi connectivity index (χ4n) is 2.89. The van der Waals surface area contributed by atoms with Crippen molar-refractivity contribution in [3.8, 4) is 5.69 Å². The number of hydrogen-bond acceptors (Lipinski definition) is 4. The van der Waals surface area contributed by atoms with Gasteiger partial charge in [0.05, 0.1) is 11.7 Å². The van der Waals surface area contributed by atoms with Crippen LogP contribution in [0.15, 0.2) is 48.5 Å². The standard InChI is InChI=1S/C20H21ClFN5O/c1-13-24-19(25-27(13)17-9-7-15(21)8-10-17)20(28)23-12-18(26(2)3)14-5-4-6-16(22)11-14/h4-11,18H,12H2,1-3H3,(H,23,28). The number of amides is 1. The molecule has 1 heterocycles. The number of likely N-dealkylation sites (N-methyl/N-ethyl adjacent to an activating group) is 1. The first-order chi connectivity index (χ1) is 13.3. The van der Waals surface area contributed by atoms with E-state index in [0.717, 1.165) is 11.3 Å². The van der Waals surface area contributed by atoms with Gasteiger partial charge < -0.3 is 10.2 Å². The van der Waals surface area contributed by atoms with Crippen LogP contribution in [0.2, 0.25) is 5.02 Å². The van der Waals surface area contributed by atoms with Crippen LogP contribution < -0.4 is 5.32 Å². The molecule has 6 nitrogen and oxygen atoms in total. The number of carbonyl (C=O) groups excluding carboxylic acids is 1. The molecule has 1 amide bonds. The van der Waals surface area contributed by atoms with Gasteiger partial charge >= 0.3 is 0 Å². The predicted molar refractivity (Wildman–Crippen MR) is 106 cm³/mol. The van der Waals surface area contributed by atoms with Gasteiger partial charge in [0.1, 0.15) is 11.6 Å². The lowest BCUT2D eigenvalue weighted by Crippen LogP contribution is -2.35. The molecule has 1 unspecified atom stereocenters. The molecule has 3 rings (SSSR count). The summed E-state index contributed by atoms with van der Waals surface area (Å²) in [6.07, 6.45) is 0. The second-order valence-corrected chi connectivity index (χ2v) is 7.05. The zero-order chi connectivity index (χ0) is 20.3. The predicted octanol–water partition coefficient (Wildman–Crippen LogP) is 3.40. The van der Waals surface area contributed by atoms with Crippen molar-refractivity contribution in [3.63, 3.8) is 0 Å². The lowest BCUT2D eigenvalue weighted by atomic mass is 10.1. The Hall–Kier alpha value is -2.77. The van der Waals surface area contributed by atoms with Gasteiger partial charge in [0, 0.05) is 11.6 Å². The minimum atomic E-state index is -0.390. The Bertz CT molecular complexity index is 971. The highest BCUT2D eigenvalue weighted by atomic mass is 35.5. The van der Waals surface area contributed by atoms with Gasteiger partial charge in [-0.15, -0.1) is 5.10 Å². The minimum Gasteiger partial charge on any atom is -0.347 e. The van der Waals surface area contributed by atoms with Crippen LogP contribution in [-0.2, 0) is 0 Å². The topological polar surface area (TPSA) is 63.1 Å². The Morgan fingerprint density at radius 1 is 1.25 bits per heavy atom. The van der Waals surface area contributed by atoms with E-state index in [0.29, 0.717) is 17.4 Å². The number of carbonyl (C=O) groups is 1. The van der Waals surface area contributed by atoms with Crippen molar-refractivity contribution in [2.75, 3.05) is 20.6 Å². The maximum Gasteiger partial charge on any atom is 0.291 e. The largest absolute Gasteiger partial charge is 0.347 e. The summed E-state index contributed by atoms with van der Waals surface area (Å²) < 4.78 is 15.1. The Balaban J connectivity index is 1.74. The van der Waals surface area contributed by atoms with E-state index >= 15 is 0 Å². The van der Waals surface area contributed by atoms with Crippen LogP contribution in [0, 0.1) is 12.7 Å². The van der Waals surface area contributed by atoms with Crippen molar-refractivity contribution >= 4 is 17.5 Å². The van der Waals surface area contributed by atoms with Crippen molar-refractivity contribution in [1.29, 1.82) is 0 Å². The zero-order valence-electron chi connectivity index (χ0n) is 15.9. The molecule has 2 aromatic carbocycles. The third-order valence-electron chi connectivity index (χ3n) is 4.36. The number of rotatable bonds is 6. The Kier molecular flexibility index (Phi) is 6.06. The first-order valence-corrected chi connectivity index (χ1v) is 9.12. The zero-order valence-corrected chi connectivity index (χ0v) is 16.6. The summed E-state index contributed by atoms with van der Waals surface area (Å²) in [5, 5.41) is 7.75. The first-order valence-electron chi connectivity index (χ1n) is 8.75. The molecule has 146 valence electrons. The molecule has 0 aliphatic carbocycles. The molecule has 0 fully saturated rings. The van der Waals surface area contributed by atoms with Gasteiger partial charge in [-0.3, -0.25) is 4.79 Å². The number of nitrogens with one attached hydrogen (secondary N) is 1. The first kappa shape index (κ1) is 20.0. The number of benzene rings is 2. The van der Waals surface area contributed by atoms with Crippen LogP contribution in [0.5, 0.6) is 0 Å². The second-order valence-electron chi connectivity index (χ2n) is 6.62. The molecule has 0 saturated carbocycles. The van der Waals surface area contributed by atoms with Crippen molar-refractivity contribution in [2.24, 2.45) is 0 Å². The van der Waals surface area contributed by atoms with Crippen LogP contribution in [0.4, 0.5) is 4.39 Å². The van der Waals surface area contributed by atoms with Crippen molar-refractivity contribution < 1.29 is 9.18 Å². The third-order valence-corrected chi connectivity index (χ3v) is 4.61. The monoisotopic (exact) mass is 401 g/mol. The van der Waals surface area contributed by atoms with E-state index in [1.54, 1.807) is 41.9 Å². The number of halogens is 2. The molecule has 0 radical (unpaired) electrons. The highest BCUT2D eigenvalue weighted by Gasteiger charge is 2.19. The van der Waals surface area contributed by atoms with E-state index in [-0.39, 0.29) is 23.6 Å². The number of hydrogen-bond donors (Lipinski definition) is 1. The molecular weight excluding hydrogens is 381 g/mol. The van der Waals surface area contributed by atoms with Crippen LogP contribution in [0.1, 0.15) is 28.0 Å². The highest BCUT2D eigenvalue weighted by Crippen LogP contribution is 2.18. The van der Waals surface area contributed by atoms with Crippen molar-refractivity contribution in [2.45, 2.75) is 13.0 Å². The molecule has 1 N–H and O–H groups in total. The van der Waals surface area contributed by atoms with E-state index in [4.69, 9.17) is 11.6 Å². The van der Waals surface area contributed by atoms with E-state index in [1.807, 2.05) is 25.1 Å². The summed E-state index contributed by atoms with van der Waals surface area (Å²) in [6.45, 7) is 2.07. The molecule has 0 saturated heterocycles. The normalized spacial score (nSPS) is 12.2. The van der Waals surface area contributed by atoms with Gasteiger partial charge in [0.2, 0.25) is 5.82 Å². The van der Waals surface area contributed by atoms with Crippen LogP contribution >= 0.6 is 11.6 Å². The summed E-state index contributed by atoms with van der Waals surface area (Å²) in [6, 6.07) is 13.3. The molecule has 1 aromatic heterocycles. The Labute approximate surface area is 168 Å². The van der Waals surface area contributed by atoms with Crippen LogP contribution in [-0.4, -0.2) is 46.2 Å². The number of nitrogens with zero attached hydrogens (tertiary/aromatic N) is 4. The summed E-state index contributed by atoms with van der Waals surface area (Å²) in [7, 11) is 3.75. The highest BCUT2D eigenvalue weighted by molar-refractivity contribution is 6.30. The molecule has 3 aromatic rings. The molecule has 0 aliphatic rings. The van der Waals surface area contributed by atoms with Crippen LogP contribution in [0.3, 0.4) is 0 Å². The minimum absolute atomic E-state index is 0.0733. The fourth-order valence-corrected chi connectivity index (χ4v) is 3.02. The van der Waals surface area contributed by atoms with E-state index in [2.05, 4.69) is 15.4 Å². The molecule has 0 spiro atoms. The Morgan fingerprint density at radius 3 is 2.61 bits per heavy atom. The maximum atomic E-state index is 13.6. The van der Waals surface area contributed by atoms with Gasteiger partial charge in [-0.2, -0.15) is 0 Å². The molecule has 1 atom stereocenters. The summed E-state index contributed by atoms with van der Waals surface area (Å²) >= 11 is 5.91. The van der Waals surface area contributed by atoms with Gasteiger partial charge in [-0.05, 0) is 63.0 Å². The van der Waals surface area contributed by atoms with Gasteiger partial charge in [0.15, 0.2) is 0 Å². The fraction of sp³-hybridized carbons (Fsp3) is 0.250. The summed E-state index contributed by atoms with van der Waals surface area (Å²) in [5.74, 6) is -0.0419.